The van der Waals surface area contributed by atoms with Gasteiger partial charge in [0.2, 0.25) is 15.9 Å². The van der Waals surface area contributed by atoms with E-state index in [0.717, 1.165) is 0 Å². The van der Waals surface area contributed by atoms with Crippen LogP contribution < -0.4 is 4.74 Å². The van der Waals surface area contributed by atoms with Crippen molar-refractivity contribution in [2.75, 3.05) is 45.0 Å². The van der Waals surface area contributed by atoms with Crippen molar-refractivity contribution >= 4 is 27.7 Å². The van der Waals surface area contributed by atoms with Crippen molar-refractivity contribution in [1.82, 2.24) is 9.21 Å². The number of sulfonamides is 1. The Morgan fingerprint density at radius 2 is 1.92 bits per heavy atom. The average molecular weight is 372 g/mol. The number of thioether (sulfide) groups is 1. The predicted octanol–water partition coefficient (Wildman–Crippen LogP) is 0.618. The number of amides is 1. The van der Waals surface area contributed by atoms with Gasteiger partial charge in [-0.1, -0.05) is 0 Å². The number of morpholine rings is 1. The number of hydrogen-bond acceptors (Lipinski definition) is 6. The van der Waals surface area contributed by atoms with E-state index >= 15 is 0 Å². The number of methoxy groups -OCH3 is 1. The lowest BCUT2D eigenvalue weighted by molar-refractivity contribution is -0.138. The van der Waals surface area contributed by atoms with Crippen molar-refractivity contribution in [3.05, 3.63) is 24.3 Å². The Bertz CT molecular complexity index is 686. The average Bonchev–Trinajstić information content (AvgIpc) is 3.12. The second kappa shape index (κ2) is 7.30. The summed E-state index contributed by atoms with van der Waals surface area (Å²) in [5, 5.41) is 0. The first-order chi connectivity index (χ1) is 11.5. The summed E-state index contributed by atoms with van der Waals surface area (Å²) in [7, 11) is -2.19. The minimum Gasteiger partial charge on any atom is -0.497 e. The van der Waals surface area contributed by atoms with Crippen LogP contribution in [0.3, 0.4) is 0 Å². The molecule has 1 amide bonds. The molecule has 2 aliphatic rings. The summed E-state index contributed by atoms with van der Waals surface area (Å²) in [4.78, 5) is 14.6. The van der Waals surface area contributed by atoms with E-state index in [1.807, 2.05) is 0 Å². The number of nitrogens with zero attached hydrogens (tertiary/aromatic N) is 2. The van der Waals surface area contributed by atoms with Crippen LogP contribution in [-0.4, -0.2) is 74.6 Å². The molecule has 0 saturated carbocycles. The van der Waals surface area contributed by atoms with Gasteiger partial charge in [0, 0.05) is 18.8 Å². The quantitative estimate of drug-likeness (QED) is 0.771. The van der Waals surface area contributed by atoms with Crippen molar-refractivity contribution < 1.29 is 22.7 Å². The monoisotopic (exact) mass is 372 g/mol. The minimum atomic E-state index is -3.72. The van der Waals surface area contributed by atoms with Crippen molar-refractivity contribution in [2.24, 2.45) is 0 Å². The molecule has 0 aromatic heterocycles. The first-order valence-electron chi connectivity index (χ1n) is 7.64. The third kappa shape index (κ3) is 3.39. The molecule has 0 aliphatic carbocycles. The Labute approximate surface area is 145 Å². The summed E-state index contributed by atoms with van der Waals surface area (Å²) in [6.45, 7) is 2.01. The van der Waals surface area contributed by atoms with Gasteiger partial charge in [-0.25, -0.2) is 8.42 Å². The van der Waals surface area contributed by atoms with E-state index in [1.165, 1.54) is 35.3 Å². The highest BCUT2D eigenvalue weighted by atomic mass is 32.2. The molecule has 1 unspecified atom stereocenters. The molecule has 132 valence electrons. The van der Waals surface area contributed by atoms with Crippen LogP contribution in [0.15, 0.2) is 29.2 Å². The Morgan fingerprint density at radius 1 is 1.25 bits per heavy atom. The maximum atomic E-state index is 12.9. The molecule has 0 spiro atoms. The Hall–Kier alpha value is -1.29. The van der Waals surface area contributed by atoms with Crippen molar-refractivity contribution in [2.45, 2.75) is 10.9 Å². The highest BCUT2D eigenvalue weighted by Gasteiger charge is 2.41. The summed E-state index contributed by atoms with van der Waals surface area (Å²) in [5.41, 5.74) is 0. The molecule has 2 aliphatic heterocycles. The highest BCUT2D eigenvalue weighted by molar-refractivity contribution is 8.00. The number of ether oxygens (including phenoxy) is 2. The van der Waals surface area contributed by atoms with E-state index in [2.05, 4.69) is 0 Å². The highest BCUT2D eigenvalue weighted by Crippen LogP contribution is 2.30. The molecule has 0 N–H and O–H groups in total. The van der Waals surface area contributed by atoms with Gasteiger partial charge in [0.25, 0.3) is 0 Å². The van der Waals surface area contributed by atoms with Gasteiger partial charge in [-0.2, -0.15) is 4.31 Å². The normalized spacial score (nSPS) is 22.5. The summed E-state index contributed by atoms with van der Waals surface area (Å²) in [6, 6.07) is 5.57. The van der Waals surface area contributed by atoms with Gasteiger partial charge in [-0.3, -0.25) is 4.79 Å². The SMILES string of the molecule is COc1ccc(S(=O)(=O)N2CSCC2C(=O)N2CCOCC2)cc1. The molecule has 24 heavy (non-hydrogen) atoms. The maximum Gasteiger partial charge on any atom is 0.244 e. The van der Waals surface area contributed by atoms with Crippen LogP contribution in [0.25, 0.3) is 0 Å². The Kier molecular flexibility index (Phi) is 5.33. The van der Waals surface area contributed by atoms with E-state index in [9.17, 15) is 13.2 Å². The summed E-state index contributed by atoms with van der Waals surface area (Å²) >= 11 is 1.46. The van der Waals surface area contributed by atoms with Gasteiger partial charge in [-0.05, 0) is 24.3 Å². The zero-order chi connectivity index (χ0) is 17.2. The first-order valence-corrected chi connectivity index (χ1v) is 10.2. The smallest absolute Gasteiger partial charge is 0.244 e. The number of benzene rings is 1. The predicted molar refractivity (Wildman–Crippen MR) is 90.5 cm³/mol. The fourth-order valence-corrected chi connectivity index (χ4v) is 5.87. The van der Waals surface area contributed by atoms with Crippen molar-refractivity contribution in [3.8, 4) is 5.75 Å². The summed E-state index contributed by atoms with van der Waals surface area (Å²) in [6.07, 6.45) is 0. The van der Waals surface area contributed by atoms with Gasteiger partial charge in [0.1, 0.15) is 11.8 Å². The molecule has 3 rings (SSSR count). The third-order valence-electron chi connectivity index (χ3n) is 4.12. The molecule has 2 fully saturated rings. The van der Waals surface area contributed by atoms with Crippen LogP contribution in [0, 0.1) is 0 Å². The zero-order valence-electron chi connectivity index (χ0n) is 13.4. The van der Waals surface area contributed by atoms with Crippen LogP contribution in [0.2, 0.25) is 0 Å². The number of hydrogen-bond donors (Lipinski definition) is 0. The van der Waals surface area contributed by atoms with E-state index in [0.29, 0.717) is 37.8 Å². The van der Waals surface area contributed by atoms with Crippen LogP contribution in [0.4, 0.5) is 0 Å². The number of carbonyl (C=O) groups is 1. The van der Waals surface area contributed by atoms with E-state index < -0.39 is 16.1 Å². The van der Waals surface area contributed by atoms with Gasteiger partial charge >= 0.3 is 0 Å². The molecule has 7 nitrogen and oxygen atoms in total. The van der Waals surface area contributed by atoms with E-state index in [1.54, 1.807) is 17.0 Å². The molecular formula is C15H20N2O5S2. The van der Waals surface area contributed by atoms with Crippen molar-refractivity contribution in [3.63, 3.8) is 0 Å². The van der Waals surface area contributed by atoms with Gasteiger partial charge in [-0.15, -0.1) is 11.8 Å². The van der Waals surface area contributed by atoms with Crippen LogP contribution in [0.1, 0.15) is 0 Å². The fraction of sp³-hybridized carbons (Fsp3) is 0.533. The molecular weight excluding hydrogens is 352 g/mol. The fourth-order valence-electron chi connectivity index (χ4n) is 2.74. The second-order valence-electron chi connectivity index (χ2n) is 5.52. The van der Waals surface area contributed by atoms with Gasteiger partial charge in [0.15, 0.2) is 0 Å². The van der Waals surface area contributed by atoms with Gasteiger partial charge in [0.05, 0.1) is 31.1 Å². The van der Waals surface area contributed by atoms with Gasteiger partial charge < -0.3 is 14.4 Å². The lowest BCUT2D eigenvalue weighted by Gasteiger charge is -2.31. The summed E-state index contributed by atoms with van der Waals surface area (Å²) in [5.74, 6) is 1.21. The maximum absolute atomic E-state index is 12.9. The topological polar surface area (TPSA) is 76.2 Å². The van der Waals surface area contributed by atoms with Crippen LogP contribution in [0.5, 0.6) is 5.75 Å². The van der Waals surface area contributed by atoms with Crippen LogP contribution >= 0.6 is 11.8 Å². The summed E-state index contributed by atoms with van der Waals surface area (Å²) < 4.78 is 37.4. The molecule has 1 atom stereocenters. The second-order valence-corrected chi connectivity index (χ2v) is 8.41. The number of rotatable bonds is 4. The first kappa shape index (κ1) is 17.5. The largest absolute Gasteiger partial charge is 0.497 e. The lowest BCUT2D eigenvalue weighted by atomic mass is 10.2. The molecule has 0 bridgehead atoms. The standard InChI is InChI=1S/C15H20N2O5S2/c1-21-12-2-4-13(5-3-12)24(19,20)17-11-23-10-14(17)15(18)16-6-8-22-9-7-16/h2-5,14H,6-11H2,1H3. The van der Waals surface area contributed by atoms with Crippen LogP contribution in [-0.2, 0) is 19.6 Å². The molecule has 9 heteroatoms. The van der Waals surface area contributed by atoms with E-state index in [-0.39, 0.29) is 16.7 Å². The molecule has 1 aromatic carbocycles. The number of carbonyl (C=O) groups excluding carboxylic acids is 1. The molecule has 2 saturated heterocycles. The molecule has 0 radical (unpaired) electrons. The Morgan fingerprint density at radius 3 is 2.54 bits per heavy atom. The molecule has 1 aromatic rings. The third-order valence-corrected chi connectivity index (χ3v) is 7.16. The Balaban J connectivity index is 1.81. The zero-order valence-corrected chi connectivity index (χ0v) is 15.0. The van der Waals surface area contributed by atoms with E-state index in [4.69, 9.17) is 9.47 Å². The lowest BCUT2D eigenvalue weighted by Crippen LogP contribution is -2.51. The van der Waals surface area contributed by atoms with Crippen molar-refractivity contribution in [1.29, 1.82) is 0 Å². The molecule has 2 heterocycles. The minimum absolute atomic E-state index is 0.139.